The molecule has 1 amide bonds. The Kier molecular flexibility index (Phi) is 4.04. The molecule has 3 rings (SSSR count). The molecule has 1 saturated heterocycles. The first kappa shape index (κ1) is 13.9. The molecule has 2 aromatic rings. The summed E-state index contributed by atoms with van der Waals surface area (Å²) in [5.41, 5.74) is 1.98. The van der Waals surface area contributed by atoms with Crippen molar-refractivity contribution in [2.75, 3.05) is 13.1 Å². The Labute approximate surface area is 124 Å². The first-order chi connectivity index (χ1) is 10.3. The molecule has 110 valence electrons. The fourth-order valence-electron chi connectivity index (χ4n) is 2.76. The molecule has 21 heavy (non-hydrogen) atoms. The van der Waals surface area contributed by atoms with Gasteiger partial charge in [-0.3, -0.25) is 4.79 Å². The second-order valence-electron chi connectivity index (χ2n) is 5.60. The van der Waals surface area contributed by atoms with Crippen LogP contribution in [-0.2, 0) is 0 Å². The third-order valence-corrected chi connectivity index (χ3v) is 4.13. The molecule has 0 bridgehead atoms. The maximum atomic E-state index is 12.4. The lowest BCUT2D eigenvalue weighted by Crippen LogP contribution is -2.35. The van der Waals surface area contributed by atoms with Gasteiger partial charge in [-0.25, -0.2) is 0 Å². The van der Waals surface area contributed by atoms with Crippen molar-refractivity contribution in [1.29, 1.82) is 0 Å². The number of carbonyl (C=O) groups is 1. The van der Waals surface area contributed by atoms with E-state index < -0.39 is 0 Å². The van der Waals surface area contributed by atoms with E-state index in [1.807, 2.05) is 23.1 Å². The van der Waals surface area contributed by atoms with Crippen LogP contribution in [0.2, 0.25) is 0 Å². The number of aromatic nitrogens is 1. The highest BCUT2D eigenvalue weighted by Gasteiger charge is 2.23. The van der Waals surface area contributed by atoms with Gasteiger partial charge in [-0.15, -0.1) is 0 Å². The fraction of sp³-hybridized carbons (Fsp3) is 0.412. The minimum atomic E-state index is -0.0336. The number of rotatable bonds is 3. The van der Waals surface area contributed by atoms with E-state index in [4.69, 9.17) is 4.52 Å². The lowest BCUT2D eigenvalue weighted by Gasteiger charge is -2.25. The molecule has 1 aliphatic heterocycles. The summed E-state index contributed by atoms with van der Waals surface area (Å²) >= 11 is 0. The predicted molar refractivity (Wildman–Crippen MR) is 80.2 cm³/mol. The van der Waals surface area contributed by atoms with E-state index in [-0.39, 0.29) is 11.8 Å². The van der Waals surface area contributed by atoms with Gasteiger partial charge in [0.2, 0.25) is 5.76 Å². The van der Waals surface area contributed by atoms with Gasteiger partial charge in [-0.1, -0.05) is 42.4 Å². The fourth-order valence-corrected chi connectivity index (χ4v) is 2.76. The van der Waals surface area contributed by atoms with Gasteiger partial charge < -0.3 is 9.42 Å². The van der Waals surface area contributed by atoms with Gasteiger partial charge in [-0.2, -0.15) is 0 Å². The van der Waals surface area contributed by atoms with E-state index in [0.717, 1.165) is 31.6 Å². The van der Waals surface area contributed by atoms with Crippen molar-refractivity contribution in [1.82, 2.24) is 10.1 Å². The molecule has 1 aromatic heterocycles. The SMILES string of the molecule is C[C@H](c1ccccc1)c1cc(C(=O)N2CCCCC2)on1. The van der Waals surface area contributed by atoms with E-state index in [2.05, 4.69) is 24.2 Å². The number of hydrogen-bond acceptors (Lipinski definition) is 3. The standard InChI is InChI=1S/C17H20N2O2/c1-13(14-8-4-2-5-9-14)15-12-16(21-18-15)17(20)19-10-6-3-7-11-19/h2,4-5,8-9,12-13H,3,6-7,10-11H2,1H3/t13-/m1/s1. The Morgan fingerprint density at radius 3 is 2.62 bits per heavy atom. The van der Waals surface area contributed by atoms with Crippen LogP contribution in [0, 0.1) is 0 Å². The van der Waals surface area contributed by atoms with Crippen molar-refractivity contribution >= 4 is 5.91 Å². The van der Waals surface area contributed by atoms with Crippen molar-refractivity contribution < 1.29 is 9.32 Å². The maximum absolute atomic E-state index is 12.4. The van der Waals surface area contributed by atoms with Crippen molar-refractivity contribution in [3.05, 3.63) is 53.4 Å². The molecule has 4 nitrogen and oxygen atoms in total. The normalized spacial score (nSPS) is 16.7. The second-order valence-corrected chi connectivity index (χ2v) is 5.60. The summed E-state index contributed by atoms with van der Waals surface area (Å²) in [6.45, 7) is 3.72. The van der Waals surface area contributed by atoms with Crippen LogP contribution in [0.15, 0.2) is 40.9 Å². The zero-order valence-corrected chi connectivity index (χ0v) is 12.3. The van der Waals surface area contributed by atoms with E-state index in [1.165, 1.54) is 12.0 Å². The minimum Gasteiger partial charge on any atom is -0.351 e. The van der Waals surface area contributed by atoms with Crippen LogP contribution >= 0.6 is 0 Å². The molecule has 1 aliphatic rings. The first-order valence-electron chi connectivity index (χ1n) is 7.56. The van der Waals surface area contributed by atoms with Crippen LogP contribution in [-0.4, -0.2) is 29.1 Å². The molecule has 2 heterocycles. The number of piperidine rings is 1. The average molecular weight is 284 g/mol. The Morgan fingerprint density at radius 2 is 1.90 bits per heavy atom. The second kappa shape index (κ2) is 6.12. The highest BCUT2D eigenvalue weighted by Crippen LogP contribution is 2.24. The highest BCUT2D eigenvalue weighted by molar-refractivity contribution is 5.91. The summed E-state index contributed by atoms with van der Waals surface area (Å²) in [6.07, 6.45) is 3.36. The molecule has 1 fully saturated rings. The number of benzene rings is 1. The van der Waals surface area contributed by atoms with Crippen LogP contribution < -0.4 is 0 Å². The van der Waals surface area contributed by atoms with Gasteiger partial charge in [0.15, 0.2) is 0 Å². The Morgan fingerprint density at radius 1 is 1.19 bits per heavy atom. The summed E-state index contributed by atoms with van der Waals surface area (Å²) < 4.78 is 5.28. The van der Waals surface area contributed by atoms with Crippen LogP contribution in [0.25, 0.3) is 0 Å². The lowest BCUT2D eigenvalue weighted by molar-refractivity contribution is 0.0682. The number of likely N-dealkylation sites (tertiary alicyclic amines) is 1. The molecule has 0 radical (unpaired) electrons. The third kappa shape index (κ3) is 2.99. The smallest absolute Gasteiger partial charge is 0.292 e. The summed E-state index contributed by atoms with van der Waals surface area (Å²) in [5.74, 6) is 0.446. The van der Waals surface area contributed by atoms with Crippen molar-refractivity contribution in [3.63, 3.8) is 0 Å². The number of nitrogens with zero attached hydrogens (tertiary/aromatic N) is 2. The first-order valence-corrected chi connectivity index (χ1v) is 7.56. The van der Waals surface area contributed by atoms with E-state index in [1.54, 1.807) is 6.07 Å². The highest BCUT2D eigenvalue weighted by atomic mass is 16.5. The summed E-state index contributed by atoms with van der Waals surface area (Å²) in [4.78, 5) is 14.2. The number of carbonyl (C=O) groups excluding carboxylic acids is 1. The third-order valence-electron chi connectivity index (χ3n) is 4.13. The van der Waals surface area contributed by atoms with Crippen LogP contribution in [0.3, 0.4) is 0 Å². The van der Waals surface area contributed by atoms with Crippen LogP contribution in [0.4, 0.5) is 0 Å². The topological polar surface area (TPSA) is 46.3 Å². The number of amides is 1. The number of hydrogen-bond donors (Lipinski definition) is 0. The van der Waals surface area contributed by atoms with Gasteiger partial charge in [0.25, 0.3) is 5.91 Å². The Hall–Kier alpha value is -2.10. The monoisotopic (exact) mass is 284 g/mol. The molecule has 0 saturated carbocycles. The van der Waals surface area contributed by atoms with Crippen LogP contribution in [0.1, 0.15) is 53.9 Å². The lowest BCUT2D eigenvalue weighted by atomic mass is 9.98. The largest absolute Gasteiger partial charge is 0.351 e. The molecule has 0 N–H and O–H groups in total. The molecule has 1 atom stereocenters. The van der Waals surface area contributed by atoms with Gasteiger partial charge in [-0.05, 0) is 24.8 Å². The molecule has 0 aliphatic carbocycles. The van der Waals surface area contributed by atoms with Crippen molar-refractivity contribution in [3.8, 4) is 0 Å². The predicted octanol–water partition coefficient (Wildman–Crippen LogP) is 3.45. The molecule has 1 aromatic carbocycles. The Bertz CT molecular complexity index is 600. The minimum absolute atomic E-state index is 0.0336. The molecular weight excluding hydrogens is 264 g/mol. The van der Waals surface area contributed by atoms with Gasteiger partial charge >= 0.3 is 0 Å². The summed E-state index contributed by atoms with van der Waals surface area (Å²) in [6, 6.07) is 11.9. The van der Waals surface area contributed by atoms with Gasteiger partial charge in [0.1, 0.15) is 0 Å². The molecule has 0 unspecified atom stereocenters. The molecule has 4 heteroatoms. The van der Waals surface area contributed by atoms with Gasteiger partial charge in [0, 0.05) is 25.1 Å². The molecular formula is C17H20N2O2. The Balaban J connectivity index is 1.75. The zero-order valence-electron chi connectivity index (χ0n) is 12.3. The van der Waals surface area contributed by atoms with Crippen LogP contribution in [0.5, 0.6) is 0 Å². The summed E-state index contributed by atoms with van der Waals surface area (Å²) in [7, 11) is 0. The maximum Gasteiger partial charge on any atom is 0.292 e. The van der Waals surface area contributed by atoms with E-state index in [0.29, 0.717) is 5.76 Å². The average Bonchev–Trinajstić information content (AvgIpc) is 3.05. The van der Waals surface area contributed by atoms with E-state index >= 15 is 0 Å². The van der Waals surface area contributed by atoms with E-state index in [9.17, 15) is 4.79 Å². The van der Waals surface area contributed by atoms with Crippen molar-refractivity contribution in [2.45, 2.75) is 32.1 Å². The van der Waals surface area contributed by atoms with Gasteiger partial charge in [0.05, 0.1) is 5.69 Å². The van der Waals surface area contributed by atoms with Crippen molar-refractivity contribution in [2.24, 2.45) is 0 Å². The quantitative estimate of drug-likeness (QED) is 0.867. The zero-order chi connectivity index (χ0) is 14.7. The summed E-state index contributed by atoms with van der Waals surface area (Å²) in [5, 5.41) is 4.09. The molecule has 0 spiro atoms.